The lowest BCUT2D eigenvalue weighted by molar-refractivity contribution is -0.132. The van der Waals surface area contributed by atoms with Crippen molar-refractivity contribution in [2.75, 3.05) is 31.1 Å². The third-order valence-electron chi connectivity index (χ3n) is 7.01. The van der Waals surface area contributed by atoms with Gasteiger partial charge in [0.25, 0.3) is 0 Å². The molecule has 2 aliphatic heterocycles. The van der Waals surface area contributed by atoms with Crippen LogP contribution in [0.3, 0.4) is 0 Å². The molecule has 1 amide bonds. The van der Waals surface area contributed by atoms with E-state index in [1.807, 2.05) is 24.3 Å². The highest BCUT2D eigenvalue weighted by Crippen LogP contribution is 2.35. The second kappa shape index (κ2) is 8.47. The van der Waals surface area contributed by atoms with Crippen molar-refractivity contribution in [2.45, 2.75) is 37.6 Å². The van der Waals surface area contributed by atoms with Gasteiger partial charge in [0.1, 0.15) is 17.2 Å². The van der Waals surface area contributed by atoms with Crippen LogP contribution in [0, 0.1) is 5.82 Å². The number of piperidine rings is 2. The van der Waals surface area contributed by atoms with Crippen molar-refractivity contribution < 1.29 is 9.18 Å². The largest absolute Gasteiger partial charge is 0.368 e. The van der Waals surface area contributed by atoms with Gasteiger partial charge in [-0.25, -0.2) is 14.4 Å². The predicted octanol–water partition coefficient (Wildman–Crippen LogP) is 3.75. The maximum Gasteiger partial charge on any atom is 0.238 e. The fraction of sp³-hybridized carbons (Fsp3) is 0.400. The van der Waals surface area contributed by atoms with Crippen LogP contribution in [-0.4, -0.2) is 52.5 Å². The van der Waals surface area contributed by atoms with Crippen molar-refractivity contribution in [2.24, 2.45) is 5.73 Å². The number of hydrogen-bond acceptors (Lipinski definition) is 5. The molecule has 3 heterocycles. The van der Waals surface area contributed by atoms with Crippen LogP contribution in [0.25, 0.3) is 22.3 Å². The Kier molecular flexibility index (Phi) is 5.51. The molecule has 0 unspecified atom stereocenters. The minimum absolute atomic E-state index is 0.223. The average Bonchev–Trinajstić information content (AvgIpc) is 2.84. The zero-order chi connectivity index (χ0) is 22.1. The highest BCUT2D eigenvalue weighted by molar-refractivity contribution is 5.91. The Morgan fingerprint density at radius 2 is 1.59 bits per heavy atom. The third-order valence-corrected chi connectivity index (χ3v) is 7.01. The molecule has 0 saturated carbocycles. The van der Waals surface area contributed by atoms with Crippen molar-refractivity contribution in [3.63, 3.8) is 0 Å². The van der Waals surface area contributed by atoms with Crippen LogP contribution in [0.1, 0.15) is 32.1 Å². The number of rotatable bonds is 4. The van der Waals surface area contributed by atoms with Gasteiger partial charge in [0.05, 0.1) is 11.1 Å². The second-order valence-corrected chi connectivity index (χ2v) is 8.80. The Labute approximate surface area is 187 Å². The normalized spacial score (nSPS) is 19.2. The SMILES string of the molecule is NC(=O)C1(N2CCCCC2)CCN(c2nc(-c3ccccc3F)nc3ccccc23)CC1. The number of para-hydroxylation sites is 1. The number of likely N-dealkylation sites (tertiary alicyclic amines) is 1. The highest BCUT2D eigenvalue weighted by atomic mass is 19.1. The summed E-state index contributed by atoms with van der Waals surface area (Å²) in [6.45, 7) is 3.18. The van der Waals surface area contributed by atoms with Crippen LogP contribution in [0.15, 0.2) is 48.5 Å². The van der Waals surface area contributed by atoms with Crippen molar-refractivity contribution in [3.05, 3.63) is 54.3 Å². The molecule has 0 aliphatic carbocycles. The van der Waals surface area contributed by atoms with E-state index in [1.54, 1.807) is 18.2 Å². The predicted molar refractivity (Wildman–Crippen MR) is 124 cm³/mol. The topological polar surface area (TPSA) is 75.4 Å². The smallest absolute Gasteiger partial charge is 0.238 e. The van der Waals surface area contributed by atoms with Gasteiger partial charge in [-0.15, -0.1) is 0 Å². The summed E-state index contributed by atoms with van der Waals surface area (Å²) in [6, 6.07) is 14.4. The second-order valence-electron chi connectivity index (χ2n) is 8.80. The lowest BCUT2D eigenvalue weighted by Crippen LogP contribution is -2.63. The van der Waals surface area contributed by atoms with E-state index < -0.39 is 5.54 Å². The molecule has 32 heavy (non-hydrogen) atoms. The first kappa shape index (κ1) is 20.8. The van der Waals surface area contributed by atoms with E-state index >= 15 is 0 Å². The standard InChI is InChI=1S/C25H28FN5O/c26-20-10-4-2-8-18(20)22-28-21-11-5-3-9-19(21)23(29-22)30-16-12-25(13-17-30,24(27)32)31-14-6-1-7-15-31/h2-5,8-11H,1,6-7,12-17H2,(H2,27,32). The van der Waals surface area contributed by atoms with Crippen LogP contribution in [0.5, 0.6) is 0 Å². The van der Waals surface area contributed by atoms with E-state index in [4.69, 9.17) is 10.7 Å². The summed E-state index contributed by atoms with van der Waals surface area (Å²) >= 11 is 0. The lowest BCUT2D eigenvalue weighted by atomic mass is 9.83. The van der Waals surface area contributed by atoms with Crippen molar-refractivity contribution in [1.82, 2.24) is 14.9 Å². The Morgan fingerprint density at radius 1 is 0.906 bits per heavy atom. The van der Waals surface area contributed by atoms with Gasteiger partial charge < -0.3 is 10.6 Å². The Morgan fingerprint density at radius 3 is 2.31 bits per heavy atom. The average molecular weight is 434 g/mol. The maximum absolute atomic E-state index is 14.5. The molecule has 1 aromatic heterocycles. The Hall–Kier alpha value is -3.06. The number of halogens is 1. The first-order valence-electron chi connectivity index (χ1n) is 11.4. The van der Waals surface area contributed by atoms with E-state index in [0.29, 0.717) is 37.3 Å². The van der Waals surface area contributed by atoms with E-state index in [0.717, 1.165) is 42.7 Å². The van der Waals surface area contributed by atoms with Crippen LogP contribution >= 0.6 is 0 Å². The van der Waals surface area contributed by atoms with Gasteiger partial charge in [0, 0.05) is 18.5 Å². The summed E-state index contributed by atoms with van der Waals surface area (Å²) in [4.78, 5) is 26.5. The third kappa shape index (κ3) is 3.60. The highest BCUT2D eigenvalue weighted by Gasteiger charge is 2.45. The molecule has 6 nitrogen and oxygen atoms in total. The molecule has 3 aromatic rings. The molecule has 2 saturated heterocycles. The van der Waals surface area contributed by atoms with Crippen LogP contribution in [0.4, 0.5) is 10.2 Å². The Bertz CT molecular complexity index is 1140. The number of fused-ring (bicyclic) bond motifs is 1. The summed E-state index contributed by atoms with van der Waals surface area (Å²) in [7, 11) is 0. The van der Waals surface area contributed by atoms with E-state index in [2.05, 4.69) is 14.8 Å². The molecule has 0 radical (unpaired) electrons. The summed E-state index contributed by atoms with van der Waals surface area (Å²) in [5.74, 6) is 0.592. The van der Waals surface area contributed by atoms with Gasteiger partial charge in [-0.3, -0.25) is 9.69 Å². The molecule has 0 atom stereocenters. The molecule has 5 rings (SSSR count). The molecule has 2 aromatic carbocycles. The molecule has 0 bridgehead atoms. The number of carbonyl (C=O) groups excluding carboxylic acids is 1. The zero-order valence-corrected chi connectivity index (χ0v) is 18.1. The summed E-state index contributed by atoms with van der Waals surface area (Å²) in [6.07, 6.45) is 4.76. The number of benzene rings is 2. The number of nitrogens with zero attached hydrogens (tertiary/aromatic N) is 4. The number of hydrogen-bond donors (Lipinski definition) is 1. The van der Waals surface area contributed by atoms with E-state index in [9.17, 15) is 9.18 Å². The fourth-order valence-electron chi connectivity index (χ4n) is 5.19. The maximum atomic E-state index is 14.5. The number of amides is 1. The molecule has 2 N–H and O–H groups in total. The van der Waals surface area contributed by atoms with Gasteiger partial charge in [0.15, 0.2) is 5.82 Å². The van der Waals surface area contributed by atoms with E-state index in [-0.39, 0.29) is 11.7 Å². The van der Waals surface area contributed by atoms with Crippen LogP contribution < -0.4 is 10.6 Å². The molecule has 166 valence electrons. The monoisotopic (exact) mass is 433 g/mol. The van der Waals surface area contributed by atoms with Crippen molar-refractivity contribution in [1.29, 1.82) is 0 Å². The number of anilines is 1. The molecular formula is C25H28FN5O. The molecule has 7 heteroatoms. The molecule has 0 spiro atoms. The molecular weight excluding hydrogens is 405 g/mol. The summed E-state index contributed by atoms with van der Waals surface area (Å²) in [5.41, 5.74) is 6.53. The van der Waals surface area contributed by atoms with Crippen molar-refractivity contribution >= 4 is 22.6 Å². The van der Waals surface area contributed by atoms with Crippen LogP contribution in [0.2, 0.25) is 0 Å². The first-order chi connectivity index (χ1) is 15.6. The van der Waals surface area contributed by atoms with Gasteiger partial charge >= 0.3 is 0 Å². The summed E-state index contributed by atoms with van der Waals surface area (Å²) < 4.78 is 14.5. The van der Waals surface area contributed by atoms with Gasteiger partial charge in [-0.1, -0.05) is 30.7 Å². The van der Waals surface area contributed by atoms with Gasteiger partial charge in [-0.2, -0.15) is 0 Å². The fourth-order valence-corrected chi connectivity index (χ4v) is 5.19. The number of aromatic nitrogens is 2. The number of nitrogens with two attached hydrogens (primary N) is 1. The minimum atomic E-state index is -0.589. The van der Waals surface area contributed by atoms with Gasteiger partial charge in [-0.05, 0) is 63.0 Å². The number of carbonyl (C=O) groups is 1. The van der Waals surface area contributed by atoms with Crippen LogP contribution in [-0.2, 0) is 4.79 Å². The molecule has 2 fully saturated rings. The van der Waals surface area contributed by atoms with E-state index in [1.165, 1.54) is 12.5 Å². The van der Waals surface area contributed by atoms with Gasteiger partial charge in [0.2, 0.25) is 5.91 Å². The summed E-state index contributed by atoms with van der Waals surface area (Å²) in [5, 5.41) is 0.928. The lowest BCUT2D eigenvalue weighted by Gasteiger charge is -2.48. The quantitative estimate of drug-likeness (QED) is 0.678. The number of primary amides is 1. The van der Waals surface area contributed by atoms with Crippen molar-refractivity contribution in [3.8, 4) is 11.4 Å². The Balaban J connectivity index is 1.50. The molecule has 2 aliphatic rings. The first-order valence-corrected chi connectivity index (χ1v) is 11.4. The minimum Gasteiger partial charge on any atom is -0.368 e. The zero-order valence-electron chi connectivity index (χ0n) is 18.1.